The first-order chi connectivity index (χ1) is 11.1. The fourth-order valence-corrected chi connectivity index (χ4v) is 4.69. The Kier molecular flexibility index (Phi) is 5.97. The normalized spacial score (nSPS) is 40.3. The van der Waals surface area contributed by atoms with Gasteiger partial charge in [0.15, 0.2) is 0 Å². The zero-order valence-corrected chi connectivity index (χ0v) is 14.2. The Morgan fingerprint density at radius 3 is 1.83 bits per heavy atom. The minimum Gasteiger partial charge on any atom is -0.393 e. The van der Waals surface area contributed by atoms with Crippen LogP contribution in [0.3, 0.4) is 0 Å². The number of rotatable bonds is 2. The van der Waals surface area contributed by atoms with Crippen LogP contribution in [0.15, 0.2) is 0 Å². The zero-order valence-electron chi connectivity index (χ0n) is 14.2. The van der Waals surface area contributed by atoms with E-state index in [1.165, 1.54) is 19.3 Å². The van der Waals surface area contributed by atoms with Crippen LogP contribution in [0.1, 0.15) is 51.4 Å². The molecule has 0 amide bonds. The SMILES string of the molecule is OC1CCCCC1C1(O)CNC1.OC1CCCCC1C1CNC1. The van der Waals surface area contributed by atoms with Crippen molar-refractivity contribution in [3.05, 3.63) is 0 Å². The van der Waals surface area contributed by atoms with E-state index in [0.717, 1.165) is 51.1 Å². The Morgan fingerprint density at radius 2 is 1.35 bits per heavy atom. The average molecular weight is 326 g/mol. The van der Waals surface area contributed by atoms with E-state index in [1.807, 2.05) is 0 Å². The van der Waals surface area contributed by atoms with Crippen molar-refractivity contribution < 1.29 is 15.3 Å². The lowest BCUT2D eigenvalue weighted by molar-refractivity contribution is -0.116. The second-order valence-corrected chi connectivity index (χ2v) is 8.10. The summed E-state index contributed by atoms with van der Waals surface area (Å²) in [6.07, 6.45) is 8.73. The van der Waals surface area contributed by atoms with E-state index >= 15 is 0 Å². The van der Waals surface area contributed by atoms with Crippen LogP contribution < -0.4 is 10.6 Å². The van der Waals surface area contributed by atoms with Gasteiger partial charge in [-0.1, -0.05) is 25.7 Å². The van der Waals surface area contributed by atoms with Crippen LogP contribution in [-0.4, -0.2) is 59.3 Å². The van der Waals surface area contributed by atoms with E-state index in [1.54, 1.807) is 0 Å². The van der Waals surface area contributed by atoms with Gasteiger partial charge in [-0.15, -0.1) is 0 Å². The highest BCUT2D eigenvalue weighted by atomic mass is 16.3. The summed E-state index contributed by atoms with van der Waals surface area (Å²) >= 11 is 0. The summed E-state index contributed by atoms with van der Waals surface area (Å²) in [4.78, 5) is 0. The molecule has 5 nitrogen and oxygen atoms in total. The third-order valence-electron chi connectivity index (χ3n) is 6.48. The molecule has 2 aliphatic carbocycles. The van der Waals surface area contributed by atoms with Crippen molar-refractivity contribution in [2.45, 2.75) is 69.2 Å². The molecule has 4 unspecified atom stereocenters. The number of β-amino-alcohol motifs (C(OH)–C–C–N with tert-alkyl or cyclic N) is 1. The molecule has 4 atom stereocenters. The summed E-state index contributed by atoms with van der Waals surface area (Å²) in [5.74, 6) is 1.52. The second kappa shape index (κ2) is 7.79. The lowest BCUT2D eigenvalue weighted by Gasteiger charge is -2.47. The van der Waals surface area contributed by atoms with Gasteiger partial charge in [-0.25, -0.2) is 0 Å². The number of hydrogen-bond donors (Lipinski definition) is 5. The molecule has 2 saturated heterocycles. The molecule has 4 fully saturated rings. The third-order valence-corrected chi connectivity index (χ3v) is 6.48. The molecule has 4 aliphatic rings. The van der Waals surface area contributed by atoms with Gasteiger partial charge in [0.2, 0.25) is 0 Å². The minimum absolute atomic E-state index is 0.0100. The van der Waals surface area contributed by atoms with E-state index in [2.05, 4.69) is 10.6 Å². The first kappa shape index (κ1) is 17.6. The van der Waals surface area contributed by atoms with Crippen LogP contribution in [0, 0.1) is 17.8 Å². The maximum Gasteiger partial charge on any atom is 0.0947 e. The Bertz CT molecular complexity index is 369. The quantitative estimate of drug-likeness (QED) is 0.514. The summed E-state index contributed by atoms with van der Waals surface area (Å²) in [5.41, 5.74) is -0.597. The molecule has 5 N–H and O–H groups in total. The van der Waals surface area contributed by atoms with E-state index in [4.69, 9.17) is 0 Å². The molecule has 0 bridgehead atoms. The highest BCUT2D eigenvalue weighted by molar-refractivity contribution is 5.01. The van der Waals surface area contributed by atoms with Crippen LogP contribution in [0.5, 0.6) is 0 Å². The summed E-state index contributed by atoms with van der Waals surface area (Å²) < 4.78 is 0. The van der Waals surface area contributed by atoms with Crippen molar-refractivity contribution in [2.75, 3.05) is 26.2 Å². The van der Waals surface area contributed by atoms with Gasteiger partial charge in [-0.05, 0) is 50.6 Å². The first-order valence-electron chi connectivity index (χ1n) is 9.60. The molecule has 5 heteroatoms. The maximum atomic E-state index is 9.98. The zero-order chi connectivity index (χ0) is 16.3. The van der Waals surface area contributed by atoms with E-state index in [0.29, 0.717) is 19.0 Å². The Balaban J connectivity index is 0.000000136. The van der Waals surface area contributed by atoms with Gasteiger partial charge in [-0.3, -0.25) is 0 Å². The molecule has 0 aromatic rings. The summed E-state index contributed by atoms with van der Waals surface area (Å²) in [6.45, 7) is 3.60. The van der Waals surface area contributed by atoms with Crippen LogP contribution in [-0.2, 0) is 0 Å². The molecule has 23 heavy (non-hydrogen) atoms. The van der Waals surface area contributed by atoms with Crippen LogP contribution >= 0.6 is 0 Å². The lowest BCUT2D eigenvalue weighted by Crippen LogP contribution is -2.66. The number of nitrogens with one attached hydrogen (secondary N) is 2. The molecule has 0 aromatic heterocycles. The summed E-state index contributed by atoms with van der Waals surface area (Å²) in [5, 5.41) is 35.7. The minimum atomic E-state index is -0.597. The lowest BCUT2D eigenvalue weighted by atomic mass is 9.72. The maximum absolute atomic E-state index is 9.98. The molecule has 2 heterocycles. The fraction of sp³-hybridized carbons (Fsp3) is 1.00. The van der Waals surface area contributed by atoms with Gasteiger partial charge in [0.05, 0.1) is 17.8 Å². The van der Waals surface area contributed by atoms with Gasteiger partial charge in [0.1, 0.15) is 0 Å². The fourth-order valence-electron chi connectivity index (χ4n) is 4.69. The first-order valence-corrected chi connectivity index (χ1v) is 9.60. The molecule has 0 aromatic carbocycles. The topological polar surface area (TPSA) is 84.8 Å². The highest BCUT2D eigenvalue weighted by Crippen LogP contribution is 2.35. The summed E-state index contributed by atoms with van der Waals surface area (Å²) in [7, 11) is 0. The van der Waals surface area contributed by atoms with Gasteiger partial charge < -0.3 is 26.0 Å². The number of aliphatic hydroxyl groups is 3. The monoisotopic (exact) mass is 326 g/mol. The van der Waals surface area contributed by atoms with Crippen molar-refractivity contribution in [1.29, 1.82) is 0 Å². The number of hydrogen-bond acceptors (Lipinski definition) is 5. The van der Waals surface area contributed by atoms with Crippen molar-refractivity contribution in [2.24, 2.45) is 17.8 Å². The van der Waals surface area contributed by atoms with Gasteiger partial charge in [-0.2, -0.15) is 0 Å². The predicted octanol–water partition coefficient (Wildman–Crippen LogP) is 0.629. The van der Waals surface area contributed by atoms with Gasteiger partial charge in [0, 0.05) is 19.0 Å². The molecular formula is C18H34N2O3. The van der Waals surface area contributed by atoms with E-state index in [9.17, 15) is 15.3 Å². The van der Waals surface area contributed by atoms with Crippen molar-refractivity contribution >= 4 is 0 Å². The van der Waals surface area contributed by atoms with Gasteiger partial charge in [0.25, 0.3) is 0 Å². The van der Waals surface area contributed by atoms with Crippen molar-refractivity contribution in [3.63, 3.8) is 0 Å². The Morgan fingerprint density at radius 1 is 0.739 bits per heavy atom. The molecule has 0 radical (unpaired) electrons. The van der Waals surface area contributed by atoms with E-state index < -0.39 is 5.60 Å². The summed E-state index contributed by atoms with van der Waals surface area (Å²) in [6, 6.07) is 0. The van der Waals surface area contributed by atoms with E-state index in [-0.39, 0.29) is 18.1 Å². The van der Waals surface area contributed by atoms with Crippen molar-refractivity contribution in [1.82, 2.24) is 10.6 Å². The molecule has 2 saturated carbocycles. The predicted molar refractivity (Wildman–Crippen MR) is 90.1 cm³/mol. The van der Waals surface area contributed by atoms with Gasteiger partial charge >= 0.3 is 0 Å². The molecule has 0 spiro atoms. The van der Waals surface area contributed by atoms with Crippen LogP contribution in [0.25, 0.3) is 0 Å². The Labute approximate surface area is 139 Å². The average Bonchev–Trinajstić information content (AvgIpc) is 2.47. The third kappa shape index (κ3) is 4.07. The molecular weight excluding hydrogens is 292 g/mol. The molecule has 134 valence electrons. The Hall–Kier alpha value is -0.200. The standard InChI is InChI=1S/C9H17NO2.C9H17NO/c11-8-4-2-1-3-7(8)9(12)5-10-6-9;11-9-4-2-1-3-8(9)7-5-10-6-7/h7-8,10-12H,1-6H2;7-11H,1-6H2. The van der Waals surface area contributed by atoms with Crippen molar-refractivity contribution in [3.8, 4) is 0 Å². The highest BCUT2D eigenvalue weighted by Gasteiger charge is 2.46. The smallest absolute Gasteiger partial charge is 0.0947 e. The molecule has 2 aliphatic heterocycles. The second-order valence-electron chi connectivity index (χ2n) is 8.10. The number of aliphatic hydroxyl groups excluding tert-OH is 2. The molecule has 4 rings (SSSR count). The van der Waals surface area contributed by atoms with Crippen LogP contribution in [0.2, 0.25) is 0 Å². The van der Waals surface area contributed by atoms with Crippen LogP contribution in [0.4, 0.5) is 0 Å². The largest absolute Gasteiger partial charge is 0.393 e.